The lowest BCUT2D eigenvalue weighted by molar-refractivity contribution is 0.269. The average molecular weight is 323 g/mol. The molecule has 0 aliphatic heterocycles. The van der Waals surface area contributed by atoms with Gasteiger partial charge in [0.2, 0.25) is 0 Å². The van der Waals surface area contributed by atoms with E-state index in [9.17, 15) is 8.42 Å². The van der Waals surface area contributed by atoms with Crippen molar-refractivity contribution in [2.45, 2.75) is 52.2 Å². The van der Waals surface area contributed by atoms with Gasteiger partial charge in [-0.25, -0.2) is 0 Å². The molecule has 0 aromatic rings. The van der Waals surface area contributed by atoms with Crippen molar-refractivity contribution < 1.29 is 17.0 Å². The third-order valence-electron chi connectivity index (χ3n) is 3.69. The van der Waals surface area contributed by atoms with Crippen molar-refractivity contribution in [3.63, 3.8) is 0 Å². The van der Waals surface area contributed by atoms with E-state index in [-0.39, 0.29) is 11.6 Å². The summed E-state index contributed by atoms with van der Waals surface area (Å²) in [5.41, 5.74) is 0. The largest absolute Gasteiger partial charge is 0.417 e. The van der Waals surface area contributed by atoms with Crippen LogP contribution in [0.2, 0.25) is 18.1 Å². The topological polar surface area (TPSA) is 52.6 Å². The Hall–Kier alpha value is -0.173. The van der Waals surface area contributed by atoms with Crippen LogP contribution in [0.1, 0.15) is 34.1 Å². The molecule has 1 atom stereocenters. The van der Waals surface area contributed by atoms with Crippen LogP contribution in [0.5, 0.6) is 0 Å². The molecule has 1 unspecified atom stereocenters. The van der Waals surface area contributed by atoms with Crippen LogP contribution in [-0.2, 0) is 18.7 Å². The van der Waals surface area contributed by atoms with E-state index >= 15 is 0 Å². The fraction of sp³-hybridized carbons (Fsp3) is 0.857. The van der Waals surface area contributed by atoms with Crippen LogP contribution >= 0.6 is 0 Å². The predicted octanol–water partition coefficient (Wildman–Crippen LogP) is 3.57. The minimum atomic E-state index is -3.35. The van der Waals surface area contributed by atoms with Crippen molar-refractivity contribution in [3.05, 3.63) is 12.2 Å². The molecule has 0 aromatic carbocycles. The molecule has 0 saturated heterocycles. The highest BCUT2D eigenvalue weighted by molar-refractivity contribution is 7.85. The smallest absolute Gasteiger partial charge is 0.264 e. The van der Waals surface area contributed by atoms with Gasteiger partial charge in [0.05, 0.1) is 12.9 Å². The summed E-state index contributed by atoms with van der Waals surface area (Å²) >= 11 is 0. The highest BCUT2D eigenvalue weighted by Gasteiger charge is 2.36. The first kappa shape index (κ1) is 19.8. The lowest BCUT2D eigenvalue weighted by Gasteiger charge is -2.36. The minimum absolute atomic E-state index is 0.103. The summed E-state index contributed by atoms with van der Waals surface area (Å²) in [5, 5.41) is 0.232. The zero-order chi connectivity index (χ0) is 16.0. The molecule has 0 heterocycles. The van der Waals surface area contributed by atoms with Gasteiger partial charge in [0.15, 0.2) is 8.32 Å². The maximum Gasteiger partial charge on any atom is 0.264 e. The Morgan fingerprint density at radius 1 is 1.25 bits per heavy atom. The van der Waals surface area contributed by atoms with Crippen LogP contribution in [0.3, 0.4) is 0 Å². The van der Waals surface area contributed by atoms with Crippen LogP contribution in [0.25, 0.3) is 0 Å². The Labute approximate surface area is 125 Å². The zero-order valence-corrected chi connectivity index (χ0v) is 15.7. The molecule has 0 rings (SSSR count). The van der Waals surface area contributed by atoms with Gasteiger partial charge in [-0.05, 0) is 30.5 Å². The minimum Gasteiger partial charge on any atom is -0.417 e. The Balaban J connectivity index is 4.01. The van der Waals surface area contributed by atoms with Gasteiger partial charge in [-0.1, -0.05) is 39.8 Å². The molecule has 6 heteroatoms. The Kier molecular flexibility index (Phi) is 7.66. The van der Waals surface area contributed by atoms with Crippen LogP contribution < -0.4 is 0 Å². The summed E-state index contributed by atoms with van der Waals surface area (Å²) in [6.45, 7) is 14.1. The third-order valence-corrected chi connectivity index (χ3v) is 8.79. The summed E-state index contributed by atoms with van der Waals surface area (Å²) in [5.74, 6) is 0.350. The van der Waals surface area contributed by atoms with E-state index in [0.29, 0.717) is 5.92 Å². The lowest BCUT2D eigenvalue weighted by Crippen LogP contribution is -2.41. The van der Waals surface area contributed by atoms with Gasteiger partial charge in [0.25, 0.3) is 10.1 Å². The molecular formula is C14H30O4SSi. The van der Waals surface area contributed by atoms with Crippen molar-refractivity contribution in [2.75, 3.05) is 19.5 Å². The highest BCUT2D eigenvalue weighted by Crippen LogP contribution is 2.36. The van der Waals surface area contributed by atoms with Gasteiger partial charge < -0.3 is 4.43 Å². The van der Waals surface area contributed by atoms with Crippen LogP contribution in [0.4, 0.5) is 0 Å². The monoisotopic (exact) mass is 322 g/mol. The van der Waals surface area contributed by atoms with Crippen molar-refractivity contribution in [1.29, 1.82) is 0 Å². The average Bonchev–Trinajstić information content (AvgIpc) is 2.21. The van der Waals surface area contributed by atoms with Crippen LogP contribution in [0, 0.1) is 5.92 Å². The molecule has 0 aliphatic carbocycles. The number of hydrogen-bond acceptors (Lipinski definition) is 4. The molecule has 0 saturated carbocycles. The molecule has 0 fully saturated rings. The summed E-state index contributed by atoms with van der Waals surface area (Å²) in [6, 6.07) is 0. The van der Waals surface area contributed by atoms with E-state index in [0.717, 1.165) is 19.3 Å². The van der Waals surface area contributed by atoms with Gasteiger partial charge in [-0.3, -0.25) is 4.18 Å². The van der Waals surface area contributed by atoms with Crippen molar-refractivity contribution in [2.24, 2.45) is 5.92 Å². The van der Waals surface area contributed by atoms with Crippen LogP contribution in [0.15, 0.2) is 12.2 Å². The maximum atomic E-state index is 10.8. The van der Waals surface area contributed by atoms with Gasteiger partial charge in [-0.2, -0.15) is 8.42 Å². The second-order valence-corrected chi connectivity index (χ2v) is 13.2. The molecule has 0 N–H and O–H groups in total. The summed E-state index contributed by atoms with van der Waals surface area (Å²) in [7, 11) is -5.01. The number of allylic oxidation sites excluding steroid dienone is 1. The summed E-state index contributed by atoms with van der Waals surface area (Å²) in [4.78, 5) is 0. The second kappa shape index (κ2) is 7.73. The predicted molar refractivity (Wildman–Crippen MR) is 86.9 cm³/mol. The van der Waals surface area contributed by atoms with Crippen LogP contribution in [-0.4, -0.2) is 36.2 Å². The Bertz CT molecular complexity index is 407. The van der Waals surface area contributed by atoms with E-state index < -0.39 is 18.4 Å². The Morgan fingerprint density at radius 2 is 1.80 bits per heavy atom. The van der Waals surface area contributed by atoms with Crippen molar-refractivity contribution >= 4 is 18.4 Å². The molecule has 120 valence electrons. The van der Waals surface area contributed by atoms with E-state index in [1.165, 1.54) is 0 Å². The van der Waals surface area contributed by atoms with E-state index in [1.54, 1.807) is 6.08 Å². The number of rotatable bonds is 8. The first-order valence-corrected chi connectivity index (χ1v) is 11.7. The molecule has 0 amide bonds. The SMILES string of the molecule is CC(/C=C/COS(C)(=O)=O)CCO[Si](C)(C)C(C)(C)C. The molecule has 0 aromatic heterocycles. The number of hydrogen-bond donors (Lipinski definition) is 0. The Morgan fingerprint density at radius 3 is 2.25 bits per heavy atom. The summed E-state index contributed by atoms with van der Waals surface area (Å²) in [6.07, 6.45) is 5.71. The fourth-order valence-electron chi connectivity index (χ4n) is 1.26. The van der Waals surface area contributed by atoms with E-state index in [2.05, 4.69) is 45.0 Å². The van der Waals surface area contributed by atoms with Gasteiger partial charge in [0, 0.05) is 6.61 Å². The van der Waals surface area contributed by atoms with Gasteiger partial charge in [0.1, 0.15) is 0 Å². The fourth-order valence-corrected chi connectivity index (χ4v) is 2.65. The first-order valence-electron chi connectivity index (χ1n) is 7.00. The summed E-state index contributed by atoms with van der Waals surface area (Å²) < 4.78 is 32.3. The quantitative estimate of drug-likeness (QED) is 0.389. The van der Waals surface area contributed by atoms with E-state index in [4.69, 9.17) is 4.43 Å². The van der Waals surface area contributed by atoms with Gasteiger partial charge in [-0.15, -0.1) is 0 Å². The first-order chi connectivity index (χ1) is 8.85. The third kappa shape index (κ3) is 8.89. The molecule has 0 spiro atoms. The van der Waals surface area contributed by atoms with Gasteiger partial charge >= 0.3 is 0 Å². The second-order valence-electron chi connectivity index (χ2n) is 6.79. The van der Waals surface area contributed by atoms with E-state index in [1.807, 2.05) is 6.08 Å². The molecule has 0 bridgehead atoms. The standard InChI is InChI=1S/C14H30O4SSi/c1-13(9-8-11-17-19(5,15)16)10-12-18-20(6,7)14(2,3)4/h8-9,13H,10-12H2,1-7H3/b9-8+. The molecule has 0 radical (unpaired) electrons. The van der Waals surface area contributed by atoms with Crippen molar-refractivity contribution in [3.8, 4) is 0 Å². The molecule has 4 nitrogen and oxygen atoms in total. The molecular weight excluding hydrogens is 292 g/mol. The normalized spacial score (nSPS) is 15.8. The lowest BCUT2D eigenvalue weighted by atomic mass is 10.1. The van der Waals surface area contributed by atoms with Crippen molar-refractivity contribution in [1.82, 2.24) is 0 Å². The highest BCUT2D eigenvalue weighted by atomic mass is 32.2. The molecule has 0 aliphatic rings. The molecule has 20 heavy (non-hydrogen) atoms. The zero-order valence-electron chi connectivity index (χ0n) is 13.9. The maximum absolute atomic E-state index is 10.8.